The summed E-state index contributed by atoms with van der Waals surface area (Å²) in [5.41, 5.74) is -0.00210. The van der Waals surface area contributed by atoms with Crippen LogP contribution in [0.25, 0.3) is 11.9 Å². The third kappa shape index (κ3) is 2.22. The molecule has 3 rings (SSSR count). The molecule has 0 amide bonds. The molecule has 0 aliphatic heterocycles. The number of nitrogens with one attached hydrogen (secondary N) is 1. The summed E-state index contributed by atoms with van der Waals surface area (Å²) in [4.78, 5) is 11.9. The first-order valence-electron chi connectivity index (χ1n) is 6.33. The van der Waals surface area contributed by atoms with Crippen LogP contribution in [-0.4, -0.2) is 35.1 Å². The van der Waals surface area contributed by atoms with Gasteiger partial charge < -0.3 is 9.26 Å². The molecule has 10 heteroatoms. The van der Waals surface area contributed by atoms with Crippen LogP contribution < -0.4 is 10.4 Å². The highest BCUT2D eigenvalue weighted by Gasteiger charge is 2.20. The fourth-order valence-electron chi connectivity index (χ4n) is 1.67. The van der Waals surface area contributed by atoms with Crippen LogP contribution in [0.15, 0.2) is 28.2 Å². The molecule has 0 saturated carbocycles. The van der Waals surface area contributed by atoms with Crippen molar-refractivity contribution in [1.82, 2.24) is 35.1 Å². The number of H-pyrrole nitrogens is 1. The minimum Gasteiger partial charge on any atom is -0.471 e. The monoisotopic (exact) mass is 291 g/mol. The van der Waals surface area contributed by atoms with E-state index in [9.17, 15) is 4.79 Å². The van der Waals surface area contributed by atoms with Gasteiger partial charge in [0.15, 0.2) is 7.17 Å². The largest absolute Gasteiger partial charge is 0.471 e. The van der Waals surface area contributed by atoms with E-state index in [4.69, 9.17) is 10.7 Å². The normalized spacial score (nSPS) is 11.4. The van der Waals surface area contributed by atoms with Gasteiger partial charge in [-0.05, 0) is 16.5 Å². The molecule has 0 aliphatic rings. The number of aryl methyl sites for hydroxylation is 1. The van der Waals surface area contributed by atoms with Crippen LogP contribution in [-0.2, 0) is 13.7 Å². The first kappa shape index (κ1) is 11.6. The Morgan fingerprint density at radius 1 is 1.62 bits per heavy atom. The van der Waals surface area contributed by atoms with Gasteiger partial charge in [-0.1, -0.05) is 11.7 Å². The molecule has 3 aromatic rings. The lowest BCUT2D eigenvalue weighted by molar-refractivity contribution is 0.291. The SMILES string of the molecule is [3H]n1ccc(OCc2c(-n3nnn(C)c3=O)noc2C=C)n1. The van der Waals surface area contributed by atoms with Gasteiger partial charge in [0.1, 0.15) is 6.61 Å². The van der Waals surface area contributed by atoms with Gasteiger partial charge in [-0.25, -0.2) is 4.79 Å². The summed E-state index contributed by atoms with van der Waals surface area (Å²) < 4.78 is 19.9. The molecule has 10 nitrogen and oxygen atoms in total. The van der Waals surface area contributed by atoms with Gasteiger partial charge in [-0.3, -0.25) is 5.09 Å². The van der Waals surface area contributed by atoms with Crippen molar-refractivity contribution >= 4 is 6.08 Å². The minimum absolute atomic E-state index is 0.0141. The summed E-state index contributed by atoms with van der Waals surface area (Å²) in [6, 6.07) is 1.53. The molecule has 0 aliphatic carbocycles. The Labute approximate surface area is 119 Å². The van der Waals surface area contributed by atoms with Gasteiger partial charge in [0.05, 0.1) is 5.56 Å². The first-order valence-corrected chi connectivity index (χ1v) is 5.88. The average molecular weight is 291 g/mol. The fraction of sp³-hybridized carbons (Fsp3) is 0.182. The second kappa shape index (κ2) is 5.07. The number of tetrazole rings is 1. The van der Waals surface area contributed by atoms with E-state index in [1.165, 1.54) is 25.4 Å². The third-order valence-corrected chi connectivity index (χ3v) is 2.71. The molecule has 0 radical (unpaired) electrons. The predicted octanol–water partition coefficient (Wildman–Crippen LogP) is -0.101. The number of aromatic amines is 1. The van der Waals surface area contributed by atoms with Crippen LogP contribution in [0.4, 0.5) is 0 Å². The topological polar surface area (TPSA) is 117 Å². The first-order chi connectivity index (χ1) is 10.6. The second-order valence-electron chi connectivity index (χ2n) is 4.01. The van der Waals surface area contributed by atoms with Crippen molar-refractivity contribution in [3.05, 3.63) is 40.7 Å². The van der Waals surface area contributed by atoms with Crippen LogP contribution in [0.1, 0.15) is 11.3 Å². The van der Waals surface area contributed by atoms with Crippen molar-refractivity contribution in [3.63, 3.8) is 0 Å². The molecular formula is C11H11N7O3. The number of hydrogen-bond donors (Lipinski definition) is 1. The third-order valence-electron chi connectivity index (χ3n) is 2.71. The zero-order chi connectivity index (χ0) is 15.7. The second-order valence-corrected chi connectivity index (χ2v) is 4.01. The van der Waals surface area contributed by atoms with Gasteiger partial charge >= 0.3 is 5.69 Å². The Balaban J connectivity index is 1.95. The van der Waals surface area contributed by atoms with Crippen molar-refractivity contribution in [1.29, 1.82) is 0 Å². The Kier molecular flexibility index (Phi) is 2.81. The summed E-state index contributed by atoms with van der Waals surface area (Å²) in [7, 11) is 1.47. The molecule has 0 atom stereocenters. The van der Waals surface area contributed by atoms with Crippen LogP contribution in [0.2, 0.25) is 1.41 Å². The lowest BCUT2D eigenvalue weighted by Gasteiger charge is -2.02. The Morgan fingerprint density at radius 3 is 3.10 bits per heavy atom. The Morgan fingerprint density at radius 2 is 2.48 bits per heavy atom. The average Bonchev–Trinajstić information content (AvgIpc) is 3.18. The Hall–Kier alpha value is -3.17. The van der Waals surface area contributed by atoms with Crippen molar-refractivity contribution in [2.24, 2.45) is 7.05 Å². The molecule has 3 heterocycles. The molecule has 0 aromatic carbocycles. The van der Waals surface area contributed by atoms with Gasteiger partial charge in [-0.2, -0.15) is 4.68 Å². The van der Waals surface area contributed by atoms with Gasteiger partial charge in [-0.15, -0.1) is 9.78 Å². The number of aromatic nitrogens is 7. The standard InChI is InChI=1S/C11H11N7O3/c1-3-8-7(6-20-9-4-5-12-13-9)10(14-21-8)18-11(19)17(2)15-16-18/h3-5H,1,6H2,2H3,(H,12,13)/i/hT. The molecule has 1 N–H and O–H groups in total. The van der Waals surface area contributed by atoms with Crippen LogP contribution >= 0.6 is 0 Å². The molecule has 0 bridgehead atoms. The molecule has 0 spiro atoms. The van der Waals surface area contributed by atoms with Crippen molar-refractivity contribution < 1.29 is 10.7 Å². The highest BCUT2D eigenvalue weighted by molar-refractivity contribution is 5.50. The summed E-state index contributed by atoms with van der Waals surface area (Å²) in [6.45, 7) is 3.63. The van der Waals surface area contributed by atoms with E-state index in [1.807, 2.05) is 0 Å². The molecule has 0 unspecified atom stereocenters. The van der Waals surface area contributed by atoms with E-state index < -0.39 is 5.69 Å². The van der Waals surface area contributed by atoms with Crippen molar-refractivity contribution in [2.45, 2.75) is 6.61 Å². The van der Waals surface area contributed by atoms with E-state index >= 15 is 0 Å². The highest BCUT2D eigenvalue weighted by Crippen LogP contribution is 2.19. The van der Waals surface area contributed by atoms with Gasteiger partial charge in [0.25, 0.3) is 0 Å². The van der Waals surface area contributed by atoms with Crippen molar-refractivity contribution in [3.8, 4) is 11.7 Å². The maximum absolute atomic E-state index is 11.9. The molecular weight excluding hydrogens is 278 g/mol. The number of ether oxygens (including phenoxy) is 1. The lowest BCUT2D eigenvalue weighted by Crippen LogP contribution is -2.23. The summed E-state index contributed by atoms with van der Waals surface area (Å²) in [5.74, 6) is 0.764. The quantitative estimate of drug-likeness (QED) is 0.697. The fourth-order valence-corrected chi connectivity index (χ4v) is 1.67. The predicted molar refractivity (Wildman–Crippen MR) is 69.7 cm³/mol. The molecule has 0 fully saturated rings. The van der Waals surface area contributed by atoms with Crippen molar-refractivity contribution in [2.75, 3.05) is 0 Å². The smallest absolute Gasteiger partial charge is 0.369 e. The van der Waals surface area contributed by atoms with Crippen LogP contribution in [0.5, 0.6) is 5.88 Å². The van der Waals surface area contributed by atoms with Gasteiger partial charge in [0.2, 0.25) is 11.7 Å². The lowest BCUT2D eigenvalue weighted by atomic mass is 10.2. The van der Waals surface area contributed by atoms with Crippen LogP contribution in [0.3, 0.4) is 0 Å². The molecule has 108 valence electrons. The molecule has 21 heavy (non-hydrogen) atoms. The summed E-state index contributed by atoms with van der Waals surface area (Å²) in [6.07, 6.45) is 2.87. The molecule has 0 saturated heterocycles. The maximum atomic E-state index is 11.9. The zero-order valence-corrected chi connectivity index (χ0v) is 11.0. The van der Waals surface area contributed by atoms with E-state index in [2.05, 4.69) is 27.3 Å². The van der Waals surface area contributed by atoms with E-state index in [0.29, 0.717) is 11.3 Å². The van der Waals surface area contributed by atoms with Gasteiger partial charge in [0, 0.05) is 19.3 Å². The maximum Gasteiger partial charge on any atom is 0.369 e. The Bertz CT molecular complexity index is 875. The summed E-state index contributed by atoms with van der Waals surface area (Å²) in [5, 5.41) is 15.8. The number of nitrogens with zero attached hydrogens (tertiary/aromatic N) is 6. The summed E-state index contributed by atoms with van der Waals surface area (Å²) >= 11 is 0. The minimum atomic E-state index is -0.472. The number of hydrogen-bond acceptors (Lipinski definition) is 7. The highest BCUT2D eigenvalue weighted by atomic mass is 16.5. The molecule has 3 aromatic heterocycles. The van der Waals surface area contributed by atoms with E-state index in [0.717, 1.165) is 14.5 Å². The van der Waals surface area contributed by atoms with Crippen LogP contribution in [0, 0.1) is 0 Å². The van der Waals surface area contributed by atoms with E-state index in [-0.39, 0.29) is 18.3 Å². The van der Waals surface area contributed by atoms with E-state index in [1.54, 1.807) is 0 Å². The number of rotatable bonds is 5. The zero-order valence-electron chi connectivity index (χ0n) is 12.0.